The summed E-state index contributed by atoms with van der Waals surface area (Å²) in [6, 6.07) is 0. The van der Waals surface area contributed by atoms with E-state index in [1.807, 2.05) is 0 Å². The minimum atomic E-state index is -1.34. The molecule has 0 atom stereocenters. The van der Waals surface area contributed by atoms with Crippen molar-refractivity contribution < 1.29 is 19.4 Å². The highest BCUT2D eigenvalue weighted by Crippen LogP contribution is 2.39. The monoisotopic (exact) mass is 371 g/mol. The van der Waals surface area contributed by atoms with E-state index in [9.17, 15) is 9.59 Å². The van der Waals surface area contributed by atoms with E-state index < -0.39 is 17.8 Å². The molecule has 0 aliphatic carbocycles. The second-order valence-corrected chi connectivity index (χ2v) is 8.71. The van der Waals surface area contributed by atoms with Crippen LogP contribution in [0.15, 0.2) is 12.3 Å². The van der Waals surface area contributed by atoms with Crippen LogP contribution in [0.1, 0.15) is 39.5 Å². The third kappa shape index (κ3) is 11.1. The first-order valence-electron chi connectivity index (χ1n) is 6.56. The maximum absolute atomic E-state index is 11.9. The number of carbonyl (C=O) groups excluding carboxylic acids is 1. The zero-order chi connectivity index (χ0) is 16.1. The van der Waals surface area contributed by atoms with Crippen molar-refractivity contribution in [3.63, 3.8) is 0 Å². The molecule has 0 saturated heterocycles. The Morgan fingerprint density at radius 2 is 1.57 bits per heavy atom. The van der Waals surface area contributed by atoms with Gasteiger partial charge >= 0.3 is 12.1 Å². The minimum Gasteiger partial charge on any atom is -0.475 e. The van der Waals surface area contributed by atoms with Gasteiger partial charge in [0, 0.05) is 33.5 Å². The molecule has 0 aromatic rings. The molecule has 0 aliphatic rings. The van der Waals surface area contributed by atoms with Crippen LogP contribution < -0.4 is 0 Å². The maximum Gasteiger partial charge on any atom is 0.437 e. The summed E-state index contributed by atoms with van der Waals surface area (Å²) in [7, 11) is 5.62. The van der Waals surface area contributed by atoms with Crippen molar-refractivity contribution in [1.29, 1.82) is 0 Å². The number of aliphatic carboxylic acids is 1. The summed E-state index contributed by atoms with van der Waals surface area (Å²) in [5.41, 5.74) is 0. The zero-order valence-corrected chi connectivity index (χ0v) is 15.5. The lowest BCUT2D eigenvalue weighted by atomic mass is 10.4. The SMILES string of the molecule is C=C(OC(=O)N(SSCCCC)SSCCCC)C(=O)O. The smallest absolute Gasteiger partial charge is 0.437 e. The summed E-state index contributed by atoms with van der Waals surface area (Å²) in [4.78, 5) is 22.5. The molecule has 0 aromatic heterocycles. The second-order valence-electron chi connectivity index (χ2n) is 3.85. The number of rotatable bonds is 12. The Labute approximate surface area is 142 Å². The molecule has 1 N–H and O–H groups in total. The van der Waals surface area contributed by atoms with Crippen molar-refractivity contribution in [3.8, 4) is 0 Å². The van der Waals surface area contributed by atoms with Crippen LogP contribution in [0, 0.1) is 0 Å². The summed E-state index contributed by atoms with van der Waals surface area (Å²) in [6.45, 7) is 7.40. The molecule has 5 nitrogen and oxygen atoms in total. The van der Waals surface area contributed by atoms with Crippen LogP contribution >= 0.6 is 43.5 Å². The van der Waals surface area contributed by atoms with E-state index in [1.165, 1.54) is 25.7 Å². The molecule has 9 heteroatoms. The van der Waals surface area contributed by atoms with Gasteiger partial charge in [0.2, 0.25) is 5.76 Å². The zero-order valence-electron chi connectivity index (χ0n) is 12.2. The molecule has 0 aromatic carbocycles. The Morgan fingerprint density at radius 1 is 1.10 bits per heavy atom. The van der Waals surface area contributed by atoms with Crippen LogP contribution in [0.5, 0.6) is 0 Å². The fourth-order valence-electron chi connectivity index (χ4n) is 0.836. The van der Waals surface area contributed by atoms with E-state index in [0.29, 0.717) is 0 Å². The molecule has 0 bridgehead atoms. The standard InChI is InChI=1S/C12H21NO4S4/c1-4-6-8-18-20-13(21-19-9-7-5-2)12(16)17-10(3)11(14)15/h3-9H2,1-2H3,(H,14,15). The molecule has 21 heavy (non-hydrogen) atoms. The van der Waals surface area contributed by atoms with Crippen molar-refractivity contribution >= 4 is 55.6 Å². The minimum absolute atomic E-state index is 0.566. The lowest BCUT2D eigenvalue weighted by Crippen LogP contribution is -2.19. The predicted molar refractivity (Wildman–Crippen MR) is 95.0 cm³/mol. The van der Waals surface area contributed by atoms with E-state index in [4.69, 9.17) is 9.84 Å². The van der Waals surface area contributed by atoms with Crippen molar-refractivity contribution in [2.45, 2.75) is 39.5 Å². The Balaban J connectivity index is 4.29. The van der Waals surface area contributed by atoms with Crippen molar-refractivity contribution in [3.05, 3.63) is 12.3 Å². The molecular formula is C12H21NO4S4. The Morgan fingerprint density at radius 3 is 1.95 bits per heavy atom. The van der Waals surface area contributed by atoms with Gasteiger partial charge in [-0.3, -0.25) is 0 Å². The first-order valence-corrected chi connectivity index (χ1v) is 11.1. The van der Waals surface area contributed by atoms with Gasteiger partial charge in [-0.15, -0.1) is 0 Å². The number of carbonyl (C=O) groups is 2. The average Bonchev–Trinajstić information content (AvgIpc) is 2.45. The van der Waals surface area contributed by atoms with Gasteiger partial charge in [-0.05, 0) is 19.4 Å². The molecule has 0 unspecified atom stereocenters. The Kier molecular flexibility index (Phi) is 13.5. The number of amides is 1. The van der Waals surface area contributed by atoms with Gasteiger partial charge in [0.15, 0.2) is 0 Å². The number of carboxylic acids is 1. The fraction of sp³-hybridized carbons (Fsp3) is 0.667. The fourth-order valence-corrected chi connectivity index (χ4v) is 6.05. The van der Waals surface area contributed by atoms with Gasteiger partial charge in [-0.2, -0.15) is 3.71 Å². The van der Waals surface area contributed by atoms with Gasteiger partial charge in [-0.25, -0.2) is 9.59 Å². The number of nitrogens with zero attached hydrogens (tertiary/aromatic N) is 1. The van der Waals surface area contributed by atoms with E-state index >= 15 is 0 Å². The highest BCUT2D eigenvalue weighted by Gasteiger charge is 2.21. The Hall–Kier alpha value is -0.120. The number of hydrogen-bond acceptors (Lipinski definition) is 7. The van der Waals surface area contributed by atoms with Gasteiger partial charge in [0.1, 0.15) is 0 Å². The number of carboxylic acid groups (broad SMARTS) is 1. The van der Waals surface area contributed by atoms with Gasteiger partial charge in [0.05, 0.1) is 0 Å². The van der Waals surface area contributed by atoms with Crippen molar-refractivity contribution in [2.75, 3.05) is 11.5 Å². The van der Waals surface area contributed by atoms with E-state index in [-0.39, 0.29) is 0 Å². The van der Waals surface area contributed by atoms with Crippen LogP contribution in [0.3, 0.4) is 0 Å². The van der Waals surface area contributed by atoms with Crippen molar-refractivity contribution in [2.24, 2.45) is 0 Å². The van der Waals surface area contributed by atoms with Crippen LogP contribution in [0.25, 0.3) is 0 Å². The first kappa shape index (κ1) is 20.9. The predicted octanol–water partition coefficient (Wildman–Crippen LogP) is 5.22. The molecule has 0 fully saturated rings. The molecule has 0 radical (unpaired) electrons. The maximum atomic E-state index is 11.9. The summed E-state index contributed by atoms with van der Waals surface area (Å²) in [5, 5.41) is 8.69. The second kappa shape index (κ2) is 13.5. The largest absolute Gasteiger partial charge is 0.475 e. The van der Waals surface area contributed by atoms with Crippen LogP contribution in [-0.2, 0) is 9.53 Å². The lowest BCUT2D eigenvalue weighted by Gasteiger charge is -2.17. The summed E-state index contributed by atoms with van der Waals surface area (Å²) >= 11 is 0. The van der Waals surface area contributed by atoms with Crippen molar-refractivity contribution in [1.82, 2.24) is 3.71 Å². The van der Waals surface area contributed by atoms with Crippen LogP contribution in [0.4, 0.5) is 4.79 Å². The molecule has 0 rings (SSSR count). The lowest BCUT2D eigenvalue weighted by molar-refractivity contribution is -0.135. The van der Waals surface area contributed by atoms with E-state index in [0.717, 1.165) is 37.2 Å². The molecule has 0 heterocycles. The molecule has 0 spiro atoms. The highest BCUT2D eigenvalue weighted by molar-refractivity contribution is 8.83. The summed E-state index contributed by atoms with van der Waals surface area (Å²) in [6.07, 6.45) is 3.59. The van der Waals surface area contributed by atoms with Gasteiger partial charge in [-0.1, -0.05) is 48.3 Å². The quantitative estimate of drug-likeness (QED) is 0.165. The van der Waals surface area contributed by atoms with Crippen LogP contribution in [-0.4, -0.2) is 32.4 Å². The average molecular weight is 372 g/mol. The van der Waals surface area contributed by atoms with E-state index in [2.05, 4.69) is 20.4 Å². The Bertz CT molecular complexity index is 329. The molecule has 122 valence electrons. The van der Waals surface area contributed by atoms with Crippen LogP contribution in [0.2, 0.25) is 0 Å². The van der Waals surface area contributed by atoms with Gasteiger partial charge in [0.25, 0.3) is 0 Å². The summed E-state index contributed by atoms with van der Waals surface area (Å²) < 4.78 is 6.07. The molecule has 0 aliphatic heterocycles. The first-order chi connectivity index (χ1) is 10.0. The number of hydrogen-bond donors (Lipinski definition) is 1. The normalized spacial score (nSPS) is 10.2. The number of ether oxygens (including phenoxy) is 1. The molecule has 0 saturated carbocycles. The topological polar surface area (TPSA) is 66.8 Å². The van der Waals surface area contributed by atoms with Gasteiger partial charge < -0.3 is 9.84 Å². The highest BCUT2D eigenvalue weighted by atomic mass is 33.1. The third-order valence-corrected chi connectivity index (χ3v) is 7.23. The van der Waals surface area contributed by atoms with E-state index in [1.54, 1.807) is 21.6 Å². The molecule has 1 amide bonds. The third-order valence-electron chi connectivity index (χ3n) is 2.00. The summed E-state index contributed by atoms with van der Waals surface area (Å²) in [5.74, 6) is -0.0605. The number of unbranched alkanes of at least 4 members (excludes halogenated alkanes) is 2. The molecular weight excluding hydrogens is 350 g/mol.